The first-order valence-electron chi connectivity index (χ1n) is 9.41. The summed E-state index contributed by atoms with van der Waals surface area (Å²) in [7, 11) is 2.74. The molecule has 0 saturated carbocycles. The second-order valence-corrected chi connectivity index (χ2v) is 7.42. The van der Waals surface area contributed by atoms with Gasteiger partial charge in [-0.25, -0.2) is 9.18 Å². The number of ether oxygens (including phenoxy) is 4. The van der Waals surface area contributed by atoms with Crippen molar-refractivity contribution in [3.8, 4) is 0 Å². The van der Waals surface area contributed by atoms with Gasteiger partial charge in [0, 0.05) is 19.4 Å². The minimum absolute atomic E-state index is 0.113. The van der Waals surface area contributed by atoms with Crippen molar-refractivity contribution < 1.29 is 28.1 Å². The molecule has 6 heteroatoms. The molecule has 1 aliphatic heterocycles. The van der Waals surface area contributed by atoms with Gasteiger partial charge in [-0.05, 0) is 17.4 Å². The summed E-state index contributed by atoms with van der Waals surface area (Å²) in [4.78, 5) is 12.3. The molecule has 27 heavy (non-hydrogen) atoms. The largest absolute Gasteiger partial charge is 0.465 e. The normalized spacial score (nSPS) is 30.5. The van der Waals surface area contributed by atoms with E-state index >= 15 is 0 Å². The lowest BCUT2D eigenvalue weighted by Gasteiger charge is -2.47. The number of halogens is 1. The van der Waals surface area contributed by atoms with Crippen LogP contribution in [0.2, 0.25) is 0 Å². The minimum atomic E-state index is -1.46. The van der Waals surface area contributed by atoms with Crippen molar-refractivity contribution in [2.75, 3.05) is 20.9 Å². The van der Waals surface area contributed by atoms with Gasteiger partial charge in [-0.3, -0.25) is 0 Å². The maximum atomic E-state index is 13.8. The van der Waals surface area contributed by atoms with Crippen molar-refractivity contribution in [2.45, 2.75) is 51.8 Å². The second kappa shape index (κ2) is 9.62. The van der Waals surface area contributed by atoms with Gasteiger partial charge in [0.05, 0.1) is 25.9 Å². The van der Waals surface area contributed by atoms with E-state index in [1.165, 1.54) is 14.2 Å². The lowest BCUT2D eigenvalue weighted by atomic mass is 9.76. The van der Waals surface area contributed by atoms with Crippen LogP contribution in [0.4, 0.5) is 4.39 Å². The Morgan fingerprint density at radius 3 is 2.52 bits per heavy atom. The molecule has 0 aliphatic carbocycles. The van der Waals surface area contributed by atoms with Crippen LogP contribution in [0.1, 0.15) is 32.8 Å². The molecule has 6 atom stereocenters. The predicted octanol–water partition coefficient (Wildman–Crippen LogP) is 3.75. The average Bonchev–Trinajstić information content (AvgIpc) is 2.70. The monoisotopic (exact) mass is 382 g/mol. The lowest BCUT2D eigenvalue weighted by Crippen LogP contribution is -2.57. The zero-order chi connectivity index (χ0) is 20.0. The number of alkyl halides is 1. The standard InChI is InChI=1S/C21H31FO5/c1-14-11-21(25-5,20(23)24-4)27-19(15(14)2)16(3)18(12-22)26-13-17-9-7-6-8-10-17/h6-10,14-16,18-19H,11-13H2,1-5H3/t14-,15-,16-,18-,19?,21+/m1/s1. The van der Waals surface area contributed by atoms with Crippen LogP contribution < -0.4 is 0 Å². The highest BCUT2D eigenvalue weighted by atomic mass is 19.1. The van der Waals surface area contributed by atoms with E-state index < -0.39 is 30.6 Å². The third kappa shape index (κ3) is 4.86. The molecule has 1 fully saturated rings. The summed E-state index contributed by atoms with van der Waals surface area (Å²) in [5.41, 5.74) is 0.981. The molecule has 1 aromatic carbocycles. The maximum Gasteiger partial charge on any atom is 0.366 e. The molecule has 1 heterocycles. The van der Waals surface area contributed by atoms with Crippen molar-refractivity contribution in [1.82, 2.24) is 0 Å². The average molecular weight is 382 g/mol. The highest BCUT2D eigenvalue weighted by molar-refractivity contribution is 5.78. The van der Waals surface area contributed by atoms with Crippen molar-refractivity contribution in [2.24, 2.45) is 17.8 Å². The van der Waals surface area contributed by atoms with Crippen molar-refractivity contribution in [3.05, 3.63) is 35.9 Å². The minimum Gasteiger partial charge on any atom is -0.465 e. The third-order valence-electron chi connectivity index (χ3n) is 5.72. The Kier molecular flexibility index (Phi) is 7.77. The molecular formula is C21H31FO5. The molecule has 0 spiro atoms. The highest BCUT2D eigenvalue weighted by Crippen LogP contribution is 2.41. The zero-order valence-corrected chi connectivity index (χ0v) is 16.8. The molecule has 1 aromatic rings. The fourth-order valence-corrected chi connectivity index (χ4v) is 3.72. The maximum absolute atomic E-state index is 13.8. The molecule has 1 unspecified atom stereocenters. The molecule has 152 valence electrons. The Labute approximate surface area is 161 Å². The summed E-state index contributed by atoms with van der Waals surface area (Å²) in [6.45, 7) is 5.68. The first kappa shape index (κ1) is 21.8. The molecule has 0 N–H and O–H groups in total. The fourth-order valence-electron chi connectivity index (χ4n) is 3.72. The highest BCUT2D eigenvalue weighted by Gasteiger charge is 2.52. The molecule has 0 aromatic heterocycles. The second-order valence-electron chi connectivity index (χ2n) is 7.42. The number of rotatable bonds is 8. The number of hydrogen-bond acceptors (Lipinski definition) is 5. The van der Waals surface area contributed by atoms with E-state index in [9.17, 15) is 9.18 Å². The third-order valence-corrected chi connectivity index (χ3v) is 5.72. The first-order chi connectivity index (χ1) is 12.9. The van der Waals surface area contributed by atoms with E-state index in [4.69, 9.17) is 18.9 Å². The Balaban J connectivity index is 2.14. The van der Waals surface area contributed by atoms with Gasteiger partial charge in [-0.1, -0.05) is 51.1 Å². The quantitative estimate of drug-likeness (QED) is 0.641. The zero-order valence-electron chi connectivity index (χ0n) is 16.8. The van der Waals surface area contributed by atoms with E-state index in [-0.39, 0.29) is 17.8 Å². The molecule has 2 rings (SSSR count). The van der Waals surface area contributed by atoms with Crippen LogP contribution in [0.3, 0.4) is 0 Å². The predicted molar refractivity (Wildman–Crippen MR) is 99.7 cm³/mol. The van der Waals surface area contributed by atoms with Gasteiger partial charge in [0.25, 0.3) is 5.79 Å². The van der Waals surface area contributed by atoms with E-state index in [1.807, 2.05) is 44.2 Å². The van der Waals surface area contributed by atoms with Gasteiger partial charge in [0.2, 0.25) is 0 Å². The number of hydrogen-bond donors (Lipinski definition) is 0. The summed E-state index contributed by atoms with van der Waals surface area (Å²) in [6, 6.07) is 9.65. The van der Waals surface area contributed by atoms with Gasteiger partial charge in [-0.15, -0.1) is 0 Å². The molecule has 5 nitrogen and oxygen atoms in total. The number of methoxy groups -OCH3 is 2. The molecule has 1 saturated heterocycles. The summed E-state index contributed by atoms with van der Waals surface area (Å²) in [5, 5.41) is 0. The molecule has 0 amide bonds. The van der Waals surface area contributed by atoms with Gasteiger partial charge in [-0.2, -0.15) is 0 Å². The summed E-state index contributed by atoms with van der Waals surface area (Å²) in [5.74, 6) is -2.04. The number of carbonyl (C=O) groups is 1. The van der Waals surface area contributed by atoms with Crippen LogP contribution in [0.5, 0.6) is 0 Å². The fraction of sp³-hybridized carbons (Fsp3) is 0.667. The van der Waals surface area contributed by atoms with Crippen LogP contribution in [0.15, 0.2) is 30.3 Å². The smallest absolute Gasteiger partial charge is 0.366 e. The summed E-state index contributed by atoms with van der Waals surface area (Å²) < 4.78 is 36.1. The molecule has 0 bridgehead atoms. The Bertz CT molecular complexity index is 595. The van der Waals surface area contributed by atoms with Crippen LogP contribution in [-0.2, 0) is 30.3 Å². The number of benzene rings is 1. The number of esters is 1. The van der Waals surface area contributed by atoms with Gasteiger partial charge >= 0.3 is 5.97 Å². The van der Waals surface area contributed by atoms with Crippen LogP contribution in [0, 0.1) is 17.8 Å². The Hall–Kier alpha value is -1.50. The number of carbonyl (C=O) groups excluding carboxylic acids is 1. The van der Waals surface area contributed by atoms with Gasteiger partial charge in [0.1, 0.15) is 6.67 Å². The summed E-state index contributed by atoms with van der Waals surface area (Å²) in [6.07, 6.45) is -0.648. The molecular weight excluding hydrogens is 351 g/mol. The van der Waals surface area contributed by atoms with E-state index in [2.05, 4.69) is 6.92 Å². The Morgan fingerprint density at radius 1 is 1.30 bits per heavy atom. The van der Waals surface area contributed by atoms with Crippen molar-refractivity contribution in [3.63, 3.8) is 0 Å². The molecule has 0 radical (unpaired) electrons. The van der Waals surface area contributed by atoms with Crippen molar-refractivity contribution in [1.29, 1.82) is 0 Å². The van der Waals surface area contributed by atoms with Crippen LogP contribution in [-0.4, -0.2) is 44.9 Å². The Morgan fingerprint density at radius 2 is 1.96 bits per heavy atom. The van der Waals surface area contributed by atoms with E-state index in [0.29, 0.717) is 13.0 Å². The van der Waals surface area contributed by atoms with E-state index in [1.54, 1.807) is 0 Å². The van der Waals surface area contributed by atoms with Crippen LogP contribution in [0.25, 0.3) is 0 Å². The lowest BCUT2D eigenvalue weighted by molar-refractivity contribution is -0.298. The summed E-state index contributed by atoms with van der Waals surface area (Å²) >= 11 is 0. The van der Waals surface area contributed by atoms with Crippen LogP contribution >= 0.6 is 0 Å². The van der Waals surface area contributed by atoms with Crippen molar-refractivity contribution >= 4 is 5.97 Å². The topological polar surface area (TPSA) is 54.0 Å². The van der Waals surface area contributed by atoms with Gasteiger partial charge < -0.3 is 18.9 Å². The van der Waals surface area contributed by atoms with E-state index in [0.717, 1.165) is 5.56 Å². The molecule has 1 aliphatic rings. The first-order valence-corrected chi connectivity index (χ1v) is 9.41. The SMILES string of the molecule is COC(=O)[C@]1(OC)C[C@@H](C)[C@@H](C)C([C@H](C)[C@@H](CF)OCc2ccccc2)O1. The van der Waals surface area contributed by atoms with Gasteiger partial charge in [0.15, 0.2) is 0 Å².